The Bertz CT molecular complexity index is 1150. The van der Waals surface area contributed by atoms with Gasteiger partial charge in [-0.3, -0.25) is 14.4 Å². The van der Waals surface area contributed by atoms with E-state index in [2.05, 4.69) is 26.6 Å². The minimum absolute atomic E-state index is 0.110. The zero-order chi connectivity index (χ0) is 19.1. The Morgan fingerprint density at radius 2 is 1.96 bits per heavy atom. The lowest BCUT2D eigenvalue weighted by atomic mass is 10.2. The summed E-state index contributed by atoms with van der Waals surface area (Å²) in [4.78, 5) is 36.5. The van der Waals surface area contributed by atoms with E-state index in [0.717, 1.165) is 10.5 Å². The summed E-state index contributed by atoms with van der Waals surface area (Å²) in [7, 11) is 0. The maximum absolute atomic E-state index is 12.5. The summed E-state index contributed by atoms with van der Waals surface area (Å²) in [5, 5.41) is 5.74. The molecule has 2 N–H and O–H groups in total. The van der Waals surface area contributed by atoms with Crippen molar-refractivity contribution < 1.29 is 18.7 Å². The number of amides is 2. The van der Waals surface area contributed by atoms with Crippen molar-refractivity contribution in [3.05, 3.63) is 62.9 Å². The lowest BCUT2D eigenvalue weighted by molar-refractivity contribution is -0.122. The van der Waals surface area contributed by atoms with Gasteiger partial charge < -0.3 is 19.8 Å². The predicted octanol–water partition coefficient (Wildman–Crippen LogP) is 3.53. The van der Waals surface area contributed by atoms with E-state index >= 15 is 0 Å². The van der Waals surface area contributed by atoms with E-state index in [0.29, 0.717) is 28.1 Å². The quantitative estimate of drug-likeness (QED) is 0.650. The van der Waals surface area contributed by atoms with Crippen LogP contribution in [0.1, 0.15) is 17.5 Å². The first-order valence-electron chi connectivity index (χ1n) is 8.07. The molecule has 3 aromatic rings. The van der Waals surface area contributed by atoms with Crippen LogP contribution in [0, 0.1) is 0 Å². The highest BCUT2D eigenvalue weighted by atomic mass is 79.9. The van der Waals surface area contributed by atoms with Gasteiger partial charge in [0.25, 0.3) is 11.8 Å². The van der Waals surface area contributed by atoms with Gasteiger partial charge in [-0.25, -0.2) is 0 Å². The third-order valence-electron chi connectivity index (χ3n) is 4.08. The Kier molecular flexibility index (Phi) is 4.19. The number of halogens is 1. The summed E-state index contributed by atoms with van der Waals surface area (Å²) in [6.45, 7) is 1.65. The van der Waals surface area contributed by atoms with Crippen LogP contribution in [0.5, 0.6) is 5.75 Å². The standard InChI is InChI=1S/C19H13BrN2O5/c1-9-18(24)22-13-7-11(3-5-16(13)26-9)21-19(25)17-8-14(23)12-6-10(20)2-4-15(12)27-17/h2-9H,1H3,(H,21,25)(H,22,24)/t9-/m0/s1. The van der Waals surface area contributed by atoms with Crippen LogP contribution < -0.4 is 20.8 Å². The largest absolute Gasteiger partial charge is 0.479 e. The molecule has 0 spiro atoms. The number of fused-ring (bicyclic) bond motifs is 2. The van der Waals surface area contributed by atoms with Crippen LogP contribution in [0.4, 0.5) is 11.4 Å². The Labute approximate surface area is 161 Å². The molecule has 1 aromatic heterocycles. The zero-order valence-electron chi connectivity index (χ0n) is 14.0. The molecular weight excluding hydrogens is 416 g/mol. The van der Waals surface area contributed by atoms with E-state index in [4.69, 9.17) is 9.15 Å². The molecule has 0 aliphatic carbocycles. The molecule has 0 fully saturated rings. The number of hydrogen-bond donors (Lipinski definition) is 2. The number of anilines is 2. The van der Waals surface area contributed by atoms with E-state index < -0.39 is 12.0 Å². The fourth-order valence-corrected chi connectivity index (χ4v) is 3.08. The van der Waals surface area contributed by atoms with Gasteiger partial charge in [0.2, 0.25) is 0 Å². The van der Waals surface area contributed by atoms with Crippen molar-refractivity contribution in [1.82, 2.24) is 0 Å². The van der Waals surface area contributed by atoms with Gasteiger partial charge in [0, 0.05) is 16.2 Å². The second-order valence-electron chi connectivity index (χ2n) is 6.03. The molecule has 0 unspecified atom stereocenters. The SMILES string of the molecule is C[C@@H]1Oc2ccc(NC(=O)c3cc(=O)c4cc(Br)ccc4o3)cc2NC1=O. The molecule has 136 valence electrons. The van der Waals surface area contributed by atoms with Crippen molar-refractivity contribution >= 4 is 50.1 Å². The van der Waals surface area contributed by atoms with Crippen LogP contribution >= 0.6 is 15.9 Å². The third kappa shape index (κ3) is 3.31. The van der Waals surface area contributed by atoms with Crippen LogP contribution in [0.25, 0.3) is 11.0 Å². The normalized spacial score (nSPS) is 15.6. The summed E-state index contributed by atoms with van der Waals surface area (Å²) < 4.78 is 11.8. The van der Waals surface area contributed by atoms with E-state index in [1.54, 1.807) is 43.3 Å². The second-order valence-corrected chi connectivity index (χ2v) is 6.95. The van der Waals surface area contributed by atoms with Crippen molar-refractivity contribution in [3.63, 3.8) is 0 Å². The molecule has 0 saturated heterocycles. The van der Waals surface area contributed by atoms with Gasteiger partial charge in [0.1, 0.15) is 11.3 Å². The summed E-state index contributed by atoms with van der Waals surface area (Å²) in [6.07, 6.45) is -0.579. The maximum Gasteiger partial charge on any atom is 0.291 e. The summed E-state index contributed by atoms with van der Waals surface area (Å²) in [6, 6.07) is 11.0. The third-order valence-corrected chi connectivity index (χ3v) is 4.57. The molecule has 4 rings (SSSR count). The topological polar surface area (TPSA) is 97.6 Å². The predicted molar refractivity (Wildman–Crippen MR) is 103 cm³/mol. The van der Waals surface area contributed by atoms with Crippen molar-refractivity contribution in [1.29, 1.82) is 0 Å². The van der Waals surface area contributed by atoms with Gasteiger partial charge in [-0.2, -0.15) is 0 Å². The lowest BCUT2D eigenvalue weighted by Gasteiger charge is -2.23. The number of nitrogens with one attached hydrogen (secondary N) is 2. The van der Waals surface area contributed by atoms with Gasteiger partial charge in [-0.05, 0) is 43.3 Å². The molecule has 1 aliphatic heterocycles. The molecule has 1 atom stereocenters. The lowest BCUT2D eigenvalue weighted by Crippen LogP contribution is -2.34. The first-order chi connectivity index (χ1) is 12.9. The highest BCUT2D eigenvalue weighted by Gasteiger charge is 2.24. The smallest absolute Gasteiger partial charge is 0.291 e. The average Bonchev–Trinajstić information content (AvgIpc) is 2.63. The Morgan fingerprint density at radius 1 is 1.15 bits per heavy atom. The number of ether oxygens (including phenoxy) is 1. The highest BCUT2D eigenvalue weighted by Crippen LogP contribution is 2.32. The summed E-state index contributed by atoms with van der Waals surface area (Å²) >= 11 is 3.30. The van der Waals surface area contributed by atoms with E-state index in [1.165, 1.54) is 0 Å². The number of hydrogen-bond acceptors (Lipinski definition) is 5. The fraction of sp³-hybridized carbons (Fsp3) is 0.105. The summed E-state index contributed by atoms with van der Waals surface area (Å²) in [5.74, 6) is -0.435. The van der Waals surface area contributed by atoms with Crippen LogP contribution in [-0.4, -0.2) is 17.9 Å². The van der Waals surface area contributed by atoms with Gasteiger partial charge in [-0.1, -0.05) is 15.9 Å². The van der Waals surface area contributed by atoms with E-state index in [1.807, 2.05) is 0 Å². The number of rotatable bonds is 2. The molecule has 0 saturated carbocycles. The average molecular weight is 429 g/mol. The van der Waals surface area contributed by atoms with E-state index in [-0.39, 0.29) is 17.1 Å². The number of benzene rings is 2. The van der Waals surface area contributed by atoms with Gasteiger partial charge in [0.15, 0.2) is 17.3 Å². The summed E-state index contributed by atoms with van der Waals surface area (Å²) in [5.41, 5.74) is 0.884. The van der Waals surface area contributed by atoms with Crippen molar-refractivity contribution in [3.8, 4) is 5.75 Å². The molecule has 2 aromatic carbocycles. The first-order valence-corrected chi connectivity index (χ1v) is 8.86. The molecule has 0 bridgehead atoms. The van der Waals surface area contributed by atoms with Crippen molar-refractivity contribution in [2.24, 2.45) is 0 Å². The first kappa shape index (κ1) is 17.3. The Hall–Kier alpha value is -3.13. The molecule has 2 heterocycles. The molecule has 8 heteroatoms. The van der Waals surface area contributed by atoms with E-state index in [9.17, 15) is 14.4 Å². The van der Waals surface area contributed by atoms with Gasteiger partial charge in [0.05, 0.1) is 11.1 Å². The van der Waals surface area contributed by atoms with Crippen LogP contribution in [0.2, 0.25) is 0 Å². The highest BCUT2D eigenvalue weighted by molar-refractivity contribution is 9.10. The minimum atomic E-state index is -0.579. The minimum Gasteiger partial charge on any atom is -0.479 e. The second kappa shape index (κ2) is 6.55. The van der Waals surface area contributed by atoms with Crippen LogP contribution in [0.15, 0.2) is 56.1 Å². The Morgan fingerprint density at radius 3 is 2.78 bits per heavy atom. The Balaban J connectivity index is 1.62. The molecule has 7 nitrogen and oxygen atoms in total. The maximum atomic E-state index is 12.5. The van der Waals surface area contributed by atoms with Crippen molar-refractivity contribution in [2.75, 3.05) is 10.6 Å². The number of carbonyl (C=O) groups excluding carboxylic acids is 2. The van der Waals surface area contributed by atoms with Crippen LogP contribution in [-0.2, 0) is 4.79 Å². The van der Waals surface area contributed by atoms with Crippen molar-refractivity contribution in [2.45, 2.75) is 13.0 Å². The molecule has 0 radical (unpaired) electrons. The zero-order valence-corrected chi connectivity index (χ0v) is 15.6. The monoisotopic (exact) mass is 428 g/mol. The molecule has 1 aliphatic rings. The van der Waals surface area contributed by atoms with Gasteiger partial charge in [-0.15, -0.1) is 0 Å². The molecule has 27 heavy (non-hydrogen) atoms. The number of carbonyl (C=O) groups is 2. The van der Waals surface area contributed by atoms with Gasteiger partial charge >= 0.3 is 0 Å². The molecule has 2 amide bonds. The molecular formula is C19H13BrN2O5. The fourth-order valence-electron chi connectivity index (χ4n) is 2.72. The van der Waals surface area contributed by atoms with Crippen LogP contribution in [0.3, 0.4) is 0 Å².